The first-order valence-corrected chi connectivity index (χ1v) is 5.16. The van der Waals surface area contributed by atoms with Gasteiger partial charge in [-0.1, -0.05) is 40.5 Å². The average Bonchev–Trinajstić information content (AvgIpc) is 2.32. The average molecular weight is 154 g/mol. The van der Waals surface area contributed by atoms with Crippen molar-refractivity contribution in [1.29, 1.82) is 0 Å². The van der Waals surface area contributed by atoms with E-state index in [1.54, 1.807) is 0 Å². The van der Waals surface area contributed by atoms with E-state index in [0.717, 1.165) is 23.7 Å². The molecule has 0 heteroatoms. The van der Waals surface area contributed by atoms with Crippen LogP contribution in [0.1, 0.15) is 47.0 Å². The third-order valence-electron chi connectivity index (χ3n) is 3.90. The molecule has 1 aliphatic rings. The summed E-state index contributed by atoms with van der Waals surface area (Å²) >= 11 is 0. The minimum absolute atomic E-state index is 0.954. The second-order valence-electron chi connectivity index (χ2n) is 4.46. The summed E-state index contributed by atoms with van der Waals surface area (Å²) in [6.45, 7) is 9.58. The first-order valence-electron chi connectivity index (χ1n) is 5.16. The van der Waals surface area contributed by atoms with Gasteiger partial charge in [0.1, 0.15) is 0 Å². The molecule has 0 aromatic heterocycles. The Bertz CT molecular complexity index is 117. The van der Waals surface area contributed by atoms with Gasteiger partial charge in [0.15, 0.2) is 0 Å². The highest BCUT2D eigenvalue weighted by Crippen LogP contribution is 2.41. The molecule has 4 atom stereocenters. The van der Waals surface area contributed by atoms with Gasteiger partial charge in [-0.2, -0.15) is 0 Å². The maximum absolute atomic E-state index is 2.44. The smallest absolute Gasteiger partial charge is 0.0360 e. The molecule has 0 aromatic carbocycles. The molecular weight excluding hydrogens is 132 g/mol. The van der Waals surface area contributed by atoms with Crippen molar-refractivity contribution >= 4 is 0 Å². The van der Waals surface area contributed by atoms with Crippen molar-refractivity contribution in [3.05, 3.63) is 0 Å². The van der Waals surface area contributed by atoms with Gasteiger partial charge < -0.3 is 0 Å². The summed E-state index contributed by atoms with van der Waals surface area (Å²) in [5, 5.41) is 0. The van der Waals surface area contributed by atoms with E-state index in [0.29, 0.717) is 0 Å². The van der Waals surface area contributed by atoms with Crippen LogP contribution in [0.2, 0.25) is 0 Å². The third kappa shape index (κ3) is 1.77. The van der Waals surface area contributed by atoms with Crippen molar-refractivity contribution in [3.8, 4) is 0 Å². The van der Waals surface area contributed by atoms with Crippen LogP contribution in [0, 0.1) is 23.7 Å². The van der Waals surface area contributed by atoms with Crippen LogP contribution in [-0.2, 0) is 0 Å². The van der Waals surface area contributed by atoms with E-state index in [2.05, 4.69) is 27.7 Å². The lowest BCUT2D eigenvalue weighted by Gasteiger charge is -2.23. The molecule has 0 heterocycles. The van der Waals surface area contributed by atoms with Crippen molar-refractivity contribution in [2.24, 2.45) is 23.7 Å². The molecule has 1 unspecified atom stereocenters. The maximum Gasteiger partial charge on any atom is -0.0360 e. The highest BCUT2D eigenvalue weighted by molar-refractivity contribution is 4.82. The summed E-state index contributed by atoms with van der Waals surface area (Å²) in [5.41, 5.74) is 0. The van der Waals surface area contributed by atoms with Crippen LogP contribution in [0.3, 0.4) is 0 Å². The molecule has 1 rings (SSSR count). The molecule has 11 heavy (non-hydrogen) atoms. The number of rotatable bonds is 2. The fraction of sp³-hybridized carbons (Fsp3) is 1.00. The van der Waals surface area contributed by atoms with Crippen LogP contribution >= 0.6 is 0 Å². The highest BCUT2D eigenvalue weighted by atomic mass is 14.4. The molecule has 0 bridgehead atoms. The molecule has 1 saturated carbocycles. The summed E-state index contributed by atoms with van der Waals surface area (Å²) in [4.78, 5) is 0. The molecule has 0 saturated heterocycles. The van der Waals surface area contributed by atoms with Crippen molar-refractivity contribution in [2.75, 3.05) is 0 Å². The fourth-order valence-corrected chi connectivity index (χ4v) is 2.51. The Morgan fingerprint density at radius 2 is 1.91 bits per heavy atom. The predicted octanol–water partition coefficient (Wildman–Crippen LogP) is 3.71. The van der Waals surface area contributed by atoms with Crippen LogP contribution in [0.15, 0.2) is 0 Å². The van der Waals surface area contributed by atoms with Crippen molar-refractivity contribution < 1.29 is 0 Å². The summed E-state index contributed by atoms with van der Waals surface area (Å²) in [6.07, 6.45) is 4.31. The van der Waals surface area contributed by atoms with E-state index < -0.39 is 0 Å². The third-order valence-corrected chi connectivity index (χ3v) is 3.90. The Kier molecular flexibility index (Phi) is 2.98. The monoisotopic (exact) mass is 154 g/mol. The zero-order valence-corrected chi connectivity index (χ0v) is 8.43. The molecule has 0 radical (unpaired) electrons. The Morgan fingerprint density at radius 3 is 2.27 bits per heavy atom. The second-order valence-corrected chi connectivity index (χ2v) is 4.46. The molecule has 0 amide bonds. The molecule has 0 nitrogen and oxygen atoms in total. The van der Waals surface area contributed by atoms with E-state index in [1.165, 1.54) is 19.3 Å². The Hall–Kier alpha value is 0. The van der Waals surface area contributed by atoms with Gasteiger partial charge in [-0.25, -0.2) is 0 Å². The molecule has 1 fully saturated rings. The molecule has 0 N–H and O–H groups in total. The molecular formula is C11H22. The lowest BCUT2D eigenvalue weighted by molar-refractivity contribution is 0.261. The Labute approximate surface area is 71.4 Å². The van der Waals surface area contributed by atoms with E-state index in [4.69, 9.17) is 0 Å². The standard InChI is InChI=1S/C11H22/c1-5-8(2)11-7-6-9(3)10(11)4/h8-11H,5-7H2,1-4H3/t8?,9-,10+,11+/m1/s1. The summed E-state index contributed by atoms with van der Waals surface area (Å²) < 4.78 is 0. The lowest BCUT2D eigenvalue weighted by Crippen LogP contribution is -2.16. The van der Waals surface area contributed by atoms with Gasteiger partial charge in [-0.15, -0.1) is 0 Å². The molecule has 0 spiro atoms. The maximum atomic E-state index is 2.44. The minimum atomic E-state index is 0.954. The first-order chi connectivity index (χ1) is 5.16. The molecule has 0 aromatic rings. The Balaban J connectivity index is 2.47. The van der Waals surface area contributed by atoms with E-state index in [-0.39, 0.29) is 0 Å². The first kappa shape index (κ1) is 9.09. The van der Waals surface area contributed by atoms with Crippen molar-refractivity contribution in [1.82, 2.24) is 0 Å². The van der Waals surface area contributed by atoms with Gasteiger partial charge in [-0.3, -0.25) is 0 Å². The highest BCUT2D eigenvalue weighted by Gasteiger charge is 2.32. The van der Waals surface area contributed by atoms with Gasteiger partial charge in [-0.05, 0) is 30.1 Å². The van der Waals surface area contributed by atoms with E-state index in [9.17, 15) is 0 Å². The zero-order valence-electron chi connectivity index (χ0n) is 8.43. The normalized spacial score (nSPS) is 40.9. The van der Waals surface area contributed by atoms with Crippen molar-refractivity contribution in [3.63, 3.8) is 0 Å². The van der Waals surface area contributed by atoms with Gasteiger partial charge in [0.2, 0.25) is 0 Å². The van der Waals surface area contributed by atoms with Crippen LogP contribution in [0.4, 0.5) is 0 Å². The Morgan fingerprint density at radius 1 is 1.27 bits per heavy atom. The zero-order chi connectivity index (χ0) is 8.43. The summed E-state index contributed by atoms with van der Waals surface area (Å²) in [5.74, 6) is 3.93. The molecule has 0 aliphatic heterocycles. The molecule has 1 aliphatic carbocycles. The lowest BCUT2D eigenvalue weighted by atomic mass is 9.82. The largest absolute Gasteiger partial charge is 0.0651 e. The summed E-state index contributed by atoms with van der Waals surface area (Å²) in [7, 11) is 0. The molecule has 66 valence electrons. The van der Waals surface area contributed by atoms with E-state index in [1.807, 2.05) is 0 Å². The van der Waals surface area contributed by atoms with Gasteiger partial charge in [0, 0.05) is 0 Å². The van der Waals surface area contributed by atoms with Gasteiger partial charge >= 0.3 is 0 Å². The SMILES string of the molecule is CCC(C)[C@@H]1CC[C@@H](C)[C@@H]1C. The number of hydrogen-bond donors (Lipinski definition) is 0. The van der Waals surface area contributed by atoms with Crippen LogP contribution in [0.25, 0.3) is 0 Å². The van der Waals surface area contributed by atoms with Crippen LogP contribution in [-0.4, -0.2) is 0 Å². The van der Waals surface area contributed by atoms with Crippen LogP contribution < -0.4 is 0 Å². The summed E-state index contributed by atoms with van der Waals surface area (Å²) in [6, 6.07) is 0. The van der Waals surface area contributed by atoms with E-state index >= 15 is 0 Å². The predicted molar refractivity (Wildman–Crippen MR) is 50.5 cm³/mol. The topological polar surface area (TPSA) is 0 Å². The quantitative estimate of drug-likeness (QED) is 0.568. The van der Waals surface area contributed by atoms with Gasteiger partial charge in [0.25, 0.3) is 0 Å². The second kappa shape index (κ2) is 3.60. The van der Waals surface area contributed by atoms with Gasteiger partial charge in [0.05, 0.1) is 0 Å². The fourth-order valence-electron chi connectivity index (χ4n) is 2.51. The van der Waals surface area contributed by atoms with Crippen molar-refractivity contribution in [2.45, 2.75) is 47.0 Å². The minimum Gasteiger partial charge on any atom is -0.0651 e. The van der Waals surface area contributed by atoms with Crippen LogP contribution in [0.5, 0.6) is 0 Å². The number of hydrogen-bond acceptors (Lipinski definition) is 0.